The van der Waals surface area contributed by atoms with Crippen molar-refractivity contribution in [2.75, 3.05) is 0 Å². The summed E-state index contributed by atoms with van der Waals surface area (Å²) < 4.78 is 0. The summed E-state index contributed by atoms with van der Waals surface area (Å²) in [5.74, 6) is 0. The summed E-state index contributed by atoms with van der Waals surface area (Å²) in [4.78, 5) is 13.4. The summed E-state index contributed by atoms with van der Waals surface area (Å²) in [5, 5.41) is 4.62. The highest BCUT2D eigenvalue weighted by molar-refractivity contribution is 5.00. The number of hydroxylamine groups is 4. The SMILES string of the molecule is CC1(C)CCCC(C)(C)N1O[C@H]1/C=C\[C@H](ON2C(C)(C)CCCC2(C)C)CCCC1. The van der Waals surface area contributed by atoms with E-state index in [1.807, 2.05) is 0 Å². The van der Waals surface area contributed by atoms with Crippen LogP contribution < -0.4 is 0 Å². The standard InChI is InChI=1S/C26H48N2O2/c1-23(2)17-11-18-24(3,4)27(23)29-21-13-9-10-14-22(16-15-21)30-28-25(5,6)19-12-20-26(28,7)8/h15-16,21-22H,9-14,17-20H2,1-8H3/b16-15-/t21-,22-/m1/s1. The maximum Gasteiger partial charge on any atom is 0.0975 e. The van der Waals surface area contributed by atoms with E-state index in [9.17, 15) is 0 Å². The van der Waals surface area contributed by atoms with E-state index < -0.39 is 0 Å². The molecule has 2 atom stereocenters. The van der Waals surface area contributed by atoms with Gasteiger partial charge < -0.3 is 0 Å². The first kappa shape index (κ1) is 24.2. The van der Waals surface area contributed by atoms with Crippen molar-refractivity contribution in [2.45, 2.75) is 154 Å². The highest BCUT2D eigenvalue weighted by atomic mass is 16.7. The van der Waals surface area contributed by atoms with Crippen LogP contribution in [-0.2, 0) is 9.68 Å². The van der Waals surface area contributed by atoms with Crippen LogP contribution in [0.2, 0.25) is 0 Å². The molecule has 2 heterocycles. The molecule has 4 heteroatoms. The lowest BCUT2D eigenvalue weighted by Gasteiger charge is -2.52. The molecule has 0 radical (unpaired) electrons. The predicted molar refractivity (Wildman–Crippen MR) is 125 cm³/mol. The van der Waals surface area contributed by atoms with Crippen molar-refractivity contribution in [3.63, 3.8) is 0 Å². The molecule has 2 aliphatic heterocycles. The van der Waals surface area contributed by atoms with Crippen LogP contribution in [0.4, 0.5) is 0 Å². The molecule has 3 rings (SSSR count). The molecule has 174 valence electrons. The molecule has 0 saturated carbocycles. The lowest BCUT2D eigenvalue weighted by atomic mass is 9.82. The molecule has 2 saturated heterocycles. The zero-order valence-electron chi connectivity index (χ0n) is 21.1. The minimum Gasteiger partial charge on any atom is -0.291 e. The summed E-state index contributed by atoms with van der Waals surface area (Å²) in [6.07, 6.45) is 16.7. The van der Waals surface area contributed by atoms with Crippen LogP contribution in [0.1, 0.15) is 120 Å². The van der Waals surface area contributed by atoms with Crippen molar-refractivity contribution in [3.8, 4) is 0 Å². The first-order valence-corrected chi connectivity index (χ1v) is 12.5. The van der Waals surface area contributed by atoms with Gasteiger partial charge in [-0.1, -0.05) is 25.0 Å². The summed E-state index contributed by atoms with van der Waals surface area (Å²) in [6, 6.07) is 0. The second-order valence-corrected chi connectivity index (χ2v) is 12.5. The smallest absolute Gasteiger partial charge is 0.0975 e. The molecule has 0 amide bonds. The van der Waals surface area contributed by atoms with E-state index in [0.717, 1.165) is 12.8 Å². The average Bonchev–Trinajstić information content (AvgIpc) is 2.57. The fraction of sp³-hybridized carbons (Fsp3) is 0.923. The minimum atomic E-state index is 0.0791. The van der Waals surface area contributed by atoms with Crippen LogP contribution in [0, 0.1) is 0 Å². The van der Waals surface area contributed by atoms with E-state index in [0.29, 0.717) is 0 Å². The van der Waals surface area contributed by atoms with Gasteiger partial charge in [0.15, 0.2) is 0 Å². The molecule has 3 aliphatic rings. The molecule has 30 heavy (non-hydrogen) atoms. The maximum atomic E-state index is 6.70. The van der Waals surface area contributed by atoms with Crippen LogP contribution in [0.5, 0.6) is 0 Å². The van der Waals surface area contributed by atoms with Crippen LogP contribution >= 0.6 is 0 Å². The van der Waals surface area contributed by atoms with E-state index >= 15 is 0 Å². The number of hydrogen-bond acceptors (Lipinski definition) is 4. The number of hydrogen-bond donors (Lipinski definition) is 0. The van der Waals surface area contributed by atoms with Gasteiger partial charge in [0, 0.05) is 22.2 Å². The Balaban J connectivity index is 1.70. The average molecular weight is 421 g/mol. The zero-order valence-corrected chi connectivity index (χ0v) is 21.1. The molecule has 0 bridgehead atoms. The normalized spacial score (nSPS) is 35.3. The highest BCUT2D eigenvalue weighted by Gasteiger charge is 2.45. The van der Waals surface area contributed by atoms with Gasteiger partial charge in [-0.3, -0.25) is 9.68 Å². The van der Waals surface area contributed by atoms with Gasteiger partial charge in [-0.15, -0.1) is 0 Å². The molecule has 0 aromatic rings. The largest absolute Gasteiger partial charge is 0.291 e. The molecule has 0 unspecified atom stereocenters. The van der Waals surface area contributed by atoms with Crippen molar-refractivity contribution in [1.29, 1.82) is 0 Å². The van der Waals surface area contributed by atoms with E-state index in [-0.39, 0.29) is 34.4 Å². The van der Waals surface area contributed by atoms with E-state index in [1.54, 1.807) is 0 Å². The number of piperidine rings is 2. The van der Waals surface area contributed by atoms with Crippen LogP contribution in [0.15, 0.2) is 12.2 Å². The van der Waals surface area contributed by atoms with Gasteiger partial charge in [0.2, 0.25) is 0 Å². The Hall–Kier alpha value is -0.420. The van der Waals surface area contributed by atoms with Crippen molar-refractivity contribution >= 4 is 0 Å². The fourth-order valence-corrected chi connectivity index (χ4v) is 6.10. The second-order valence-electron chi connectivity index (χ2n) is 12.5. The maximum absolute atomic E-state index is 6.70. The Morgan fingerprint density at radius 1 is 0.533 bits per heavy atom. The molecule has 0 aromatic heterocycles. The van der Waals surface area contributed by atoms with Gasteiger partial charge in [0.25, 0.3) is 0 Å². The van der Waals surface area contributed by atoms with Gasteiger partial charge >= 0.3 is 0 Å². The van der Waals surface area contributed by atoms with Crippen molar-refractivity contribution in [2.24, 2.45) is 0 Å². The fourth-order valence-electron chi connectivity index (χ4n) is 6.10. The van der Waals surface area contributed by atoms with Crippen LogP contribution in [0.3, 0.4) is 0 Å². The Bertz CT molecular complexity index is 524. The van der Waals surface area contributed by atoms with Crippen LogP contribution in [0.25, 0.3) is 0 Å². The topological polar surface area (TPSA) is 24.9 Å². The van der Waals surface area contributed by atoms with Crippen molar-refractivity contribution < 1.29 is 9.68 Å². The van der Waals surface area contributed by atoms with Gasteiger partial charge in [-0.05, 0) is 107 Å². The van der Waals surface area contributed by atoms with Gasteiger partial charge in [0.05, 0.1) is 12.2 Å². The first-order chi connectivity index (χ1) is 13.8. The molecule has 2 fully saturated rings. The Kier molecular flexibility index (Phi) is 7.14. The Morgan fingerprint density at radius 2 is 0.833 bits per heavy atom. The van der Waals surface area contributed by atoms with Gasteiger partial charge in [0.1, 0.15) is 0 Å². The second kappa shape index (κ2) is 8.84. The van der Waals surface area contributed by atoms with Crippen molar-refractivity contribution in [1.82, 2.24) is 10.1 Å². The van der Waals surface area contributed by atoms with E-state index in [4.69, 9.17) is 9.68 Å². The molecule has 1 aliphatic carbocycles. The minimum absolute atomic E-state index is 0.0791. The van der Waals surface area contributed by atoms with E-state index in [2.05, 4.69) is 77.7 Å². The molecule has 0 N–H and O–H groups in total. The van der Waals surface area contributed by atoms with Gasteiger partial charge in [-0.2, -0.15) is 10.1 Å². The monoisotopic (exact) mass is 420 g/mol. The summed E-state index contributed by atoms with van der Waals surface area (Å²) in [5.41, 5.74) is 0.316. The third kappa shape index (κ3) is 5.49. The summed E-state index contributed by atoms with van der Waals surface area (Å²) in [7, 11) is 0. The lowest BCUT2D eigenvalue weighted by Crippen LogP contribution is -2.59. The van der Waals surface area contributed by atoms with Crippen LogP contribution in [-0.4, -0.2) is 44.5 Å². The molecule has 4 nitrogen and oxygen atoms in total. The summed E-state index contributed by atoms with van der Waals surface area (Å²) >= 11 is 0. The predicted octanol–water partition coefficient (Wildman–Crippen LogP) is 6.80. The lowest BCUT2D eigenvalue weighted by molar-refractivity contribution is -0.301. The van der Waals surface area contributed by atoms with Crippen molar-refractivity contribution in [3.05, 3.63) is 12.2 Å². The molecule has 0 spiro atoms. The quantitative estimate of drug-likeness (QED) is 0.467. The number of rotatable bonds is 4. The molecule has 0 aromatic carbocycles. The van der Waals surface area contributed by atoms with Gasteiger partial charge in [-0.25, -0.2) is 0 Å². The van der Waals surface area contributed by atoms with E-state index in [1.165, 1.54) is 51.4 Å². The highest BCUT2D eigenvalue weighted by Crippen LogP contribution is 2.41. The third-order valence-corrected chi connectivity index (χ3v) is 7.60. The Labute approximate surface area is 186 Å². The Morgan fingerprint density at radius 3 is 1.13 bits per heavy atom. The number of nitrogens with zero attached hydrogens (tertiary/aromatic N) is 2. The zero-order chi connectivity index (χ0) is 22.2. The third-order valence-electron chi connectivity index (χ3n) is 7.60. The first-order valence-electron chi connectivity index (χ1n) is 12.5. The molecular formula is C26H48N2O2. The molecular weight excluding hydrogens is 372 g/mol. The summed E-state index contributed by atoms with van der Waals surface area (Å²) in [6.45, 7) is 18.6.